The highest BCUT2D eigenvalue weighted by atomic mass is 16.4. The number of carboxylic acid groups (broad SMARTS) is 1. The summed E-state index contributed by atoms with van der Waals surface area (Å²) < 4.78 is 0. The third-order valence-corrected chi connectivity index (χ3v) is 2.73. The van der Waals surface area contributed by atoms with Crippen molar-refractivity contribution >= 4 is 5.97 Å². The molecule has 1 atom stereocenters. The van der Waals surface area contributed by atoms with Crippen LogP contribution in [0.2, 0.25) is 0 Å². The normalized spacial score (nSPS) is 29.2. The van der Waals surface area contributed by atoms with Crippen LogP contribution in [0.25, 0.3) is 0 Å². The number of rotatable bonds is 3. The van der Waals surface area contributed by atoms with Crippen LogP contribution in [-0.4, -0.2) is 11.1 Å². The van der Waals surface area contributed by atoms with Gasteiger partial charge >= 0.3 is 5.97 Å². The van der Waals surface area contributed by atoms with Crippen molar-refractivity contribution in [2.24, 2.45) is 5.41 Å². The molecule has 0 unspecified atom stereocenters. The molecule has 1 rings (SSSR count). The van der Waals surface area contributed by atoms with Gasteiger partial charge in [0.1, 0.15) is 0 Å². The lowest BCUT2D eigenvalue weighted by molar-refractivity contribution is -0.148. The zero-order valence-electron chi connectivity index (χ0n) is 7.60. The zero-order chi connectivity index (χ0) is 9.19. The summed E-state index contributed by atoms with van der Waals surface area (Å²) in [4.78, 5) is 11.0. The van der Waals surface area contributed by atoms with Gasteiger partial charge in [0.25, 0.3) is 0 Å². The minimum absolute atomic E-state index is 0.466. The molecule has 0 aromatic heterocycles. The second kappa shape index (κ2) is 3.30. The second-order valence-electron chi connectivity index (χ2n) is 3.76. The van der Waals surface area contributed by atoms with Crippen LogP contribution < -0.4 is 0 Å². The Labute approximate surface area is 73.3 Å². The van der Waals surface area contributed by atoms with E-state index in [-0.39, 0.29) is 0 Å². The lowest BCUT2D eigenvalue weighted by atomic mass is 9.82. The Morgan fingerprint density at radius 3 is 2.75 bits per heavy atom. The van der Waals surface area contributed by atoms with Crippen LogP contribution in [0.4, 0.5) is 0 Å². The highest BCUT2D eigenvalue weighted by Gasteiger charge is 2.41. The van der Waals surface area contributed by atoms with E-state index in [0.717, 1.165) is 31.3 Å². The predicted octanol–water partition coefficient (Wildman–Crippen LogP) is 2.60. The third-order valence-electron chi connectivity index (χ3n) is 2.73. The van der Waals surface area contributed by atoms with Crippen LogP contribution in [0.15, 0.2) is 12.2 Å². The Morgan fingerprint density at radius 1 is 1.75 bits per heavy atom. The summed E-state index contributed by atoms with van der Waals surface area (Å²) in [6.07, 6.45) is 4.11. The van der Waals surface area contributed by atoms with Gasteiger partial charge in [0.05, 0.1) is 5.41 Å². The zero-order valence-corrected chi connectivity index (χ0v) is 7.60. The molecule has 2 nitrogen and oxygen atoms in total. The molecule has 12 heavy (non-hydrogen) atoms. The molecule has 0 saturated heterocycles. The highest BCUT2D eigenvalue weighted by Crippen LogP contribution is 2.44. The Hall–Kier alpha value is -0.790. The summed E-state index contributed by atoms with van der Waals surface area (Å²) in [6, 6.07) is 0. The van der Waals surface area contributed by atoms with Crippen molar-refractivity contribution in [3.05, 3.63) is 12.2 Å². The van der Waals surface area contributed by atoms with Gasteiger partial charge in [-0.15, -0.1) is 0 Å². The Morgan fingerprint density at radius 2 is 2.42 bits per heavy atom. The molecule has 0 bridgehead atoms. The lowest BCUT2D eigenvalue weighted by Crippen LogP contribution is -2.27. The third kappa shape index (κ3) is 1.52. The van der Waals surface area contributed by atoms with Gasteiger partial charge in [0.2, 0.25) is 0 Å². The molecular weight excluding hydrogens is 152 g/mol. The molecule has 1 saturated carbocycles. The van der Waals surface area contributed by atoms with Crippen molar-refractivity contribution in [2.45, 2.75) is 39.0 Å². The summed E-state index contributed by atoms with van der Waals surface area (Å²) in [5, 5.41) is 9.07. The maximum Gasteiger partial charge on any atom is 0.309 e. The molecule has 0 radical (unpaired) electrons. The van der Waals surface area contributed by atoms with Gasteiger partial charge in [0.15, 0.2) is 0 Å². The first-order valence-electron chi connectivity index (χ1n) is 4.51. The van der Waals surface area contributed by atoms with E-state index in [1.54, 1.807) is 0 Å². The highest BCUT2D eigenvalue weighted by molar-refractivity contribution is 5.75. The molecule has 1 N–H and O–H groups in total. The van der Waals surface area contributed by atoms with E-state index in [1.165, 1.54) is 0 Å². The second-order valence-corrected chi connectivity index (χ2v) is 3.76. The van der Waals surface area contributed by atoms with E-state index < -0.39 is 11.4 Å². The predicted molar refractivity (Wildman–Crippen MR) is 48.0 cm³/mol. The van der Waals surface area contributed by atoms with Gasteiger partial charge in [-0.3, -0.25) is 4.79 Å². The van der Waals surface area contributed by atoms with E-state index in [2.05, 4.69) is 6.58 Å². The van der Waals surface area contributed by atoms with Crippen LogP contribution in [0.5, 0.6) is 0 Å². The molecule has 0 heterocycles. The van der Waals surface area contributed by atoms with E-state index in [1.807, 2.05) is 6.92 Å². The minimum atomic E-state index is -0.636. The SMILES string of the molecule is C=C1CC[C@](CCC)(C(=O)O)C1. The van der Waals surface area contributed by atoms with Gasteiger partial charge in [-0.1, -0.05) is 25.5 Å². The van der Waals surface area contributed by atoms with E-state index >= 15 is 0 Å². The van der Waals surface area contributed by atoms with E-state index in [0.29, 0.717) is 6.42 Å². The van der Waals surface area contributed by atoms with Gasteiger partial charge < -0.3 is 5.11 Å². The molecule has 0 aliphatic heterocycles. The molecular formula is C10H16O2. The summed E-state index contributed by atoms with van der Waals surface area (Å²) in [6.45, 7) is 5.88. The van der Waals surface area contributed by atoms with Crippen molar-refractivity contribution in [3.8, 4) is 0 Å². The maximum absolute atomic E-state index is 11.0. The topological polar surface area (TPSA) is 37.3 Å². The Kier molecular flexibility index (Phi) is 2.55. The molecule has 0 spiro atoms. The average molecular weight is 168 g/mol. The summed E-state index contributed by atoms with van der Waals surface area (Å²) in [5.41, 5.74) is 0.636. The first-order chi connectivity index (χ1) is 5.60. The number of hydrogen-bond donors (Lipinski definition) is 1. The van der Waals surface area contributed by atoms with Gasteiger partial charge in [-0.05, 0) is 25.7 Å². The fraction of sp³-hybridized carbons (Fsp3) is 0.700. The molecule has 0 amide bonds. The van der Waals surface area contributed by atoms with Crippen molar-refractivity contribution < 1.29 is 9.90 Å². The van der Waals surface area contributed by atoms with Crippen molar-refractivity contribution in [1.82, 2.24) is 0 Å². The summed E-state index contributed by atoms with van der Waals surface area (Å²) >= 11 is 0. The van der Waals surface area contributed by atoms with E-state index in [4.69, 9.17) is 5.11 Å². The fourth-order valence-corrected chi connectivity index (χ4v) is 2.05. The Bertz CT molecular complexity index is 208. The van der Waals surface area contributed by atoms with E-state index in [9.17, 15) is 4.79 Å². The largest absolute Gasteiger partial charge is 0.481 e. The summed E-state index contributed by atoms with van der Waals surface area (Å²) in [7, 11) is 0. The van der Waals surface area contributed by atoms with Crippen LogP contribution >= 0.6 is 0 Å². The number of hydrogen-bond acceptors (Lipinski definition) is 1. The summed E-state index contributed by atoms with van der Waals surface area (Å²) in [5.74, 6) is -0.636. The van der Waals surface area contributed by atoms with Crippen molar-refractivity contribution in [2.75, 3.05) is 0 Å². The molecule has 1 fully saturated rings. The number of allylic oxidation sites excluding steroid dienone is 1. The van der Waals surface area contributed by atoms with Gasteiger partial charge in [-0.25, -0.2) is 0 Å². The van der Waals surface area contributed by atoms with Crippen LogP contribution in [0.1, 0.15) is 39.0 Å². The molecule has 0 aromatic carbocycles. The number of carbonyl (C=O) groups is 1. The number of carboxylic acids is 1. The first kappa shape index (κ1) is 9.30. The number of aliphatic carboxylic acids is 1. The van der Waals surface area contributed by atoms with Crippen LogP contribution in [0.3, 0.4) is 0 Å². The van der Waals surface area contributed by atoms with Gasteiger partial charge in [0, 0.05) is 0 Å². The molecule has 1 aliphatic carbocycles. The molecule has 2 heteroatoms. The first-order valence-corrected chi connectivity index (χ1v) is 4.51. The van der Waals surface area contributed by atoms with Crippen molar-refractivity contribution in [1.29, 1.82) is 0 Å². The lowest BCUT2D eigenvalue weighted by Gasteiger charge is -2.22. The monoisotopic (exact) mass is 168 g/mol. The van der Waals surface area contributed by atoms with Crippen molar-refractivity contribution in [3.63, 3.8) is 0 Å². The minimum Gasteiger partial charge on any atom is -0.481 e. The smallest absolute Gasteiger partial charge is 0.309 e. The average Bonchev–Trinajstić information content (AvgIpc) is 2.34. The molecule has 68 valence electrons. The maximum atomic E-state index is 11.0. The molecule has 0 aromatic rings. The van der Waals surface area contributed by atoms with Crippen LogP contribution in [-0.2, 0) is 4.79 Å². The molecule has 1 aliphatic rings. The Balaban J connectivity index is 2.74. The quantitative estimate of drug-likeness (QED) is 0.658. The standard InChI is InChI=1S/C10H16O2/c1-3-5-10(9(11)12)6-4-8(2)7-10/h2-7H2,1H3,(H,11,12)/t10-/m0/s1. The van der Waals surface area contributed by atoms with Gasteiger partial charge in [-0.2, -0.15) is 0 Å². The fourth-order valence-electron chi connectivity index (χ4n) is 2.05. The van der Waals surface area contributed by atoms with Crippen LogP contribution in [0, 0.1) is 5.41 Å².